The molecule has 0 bridgehead atoms. The molecule has 0 heterocycles. The van der Waals surface area contributed by atoms with E-state index in [0.717, 1.165) is 0 Å². The van der Waals surface area contributed by atoms with Crippen LogP contribution in [0.25, 0.3) is 0 Å². The van der Waals surface area contributed by atoms with Gasteiger partial charge in [0.05, 0.1) is 13.2 Å². The third kappa shape index (κ3) is 3.79. The Balaban J connectivity index is 4.25. The molecule has 0 aromatic heterocycles. The summed E-state index contributed by atoms with van der Waals surface area (Å²) in [5, 5.41) is 26.5. The third-order valence-electron chi connectivity index (χ3n) is 1.49. The number of rotatable bonds is 6. The highest BCUT2D eigenvalue weighted by Gasteiger charge is 2.28. The molecule has 0 aliphatic heterocycles. The number of nitrogens with two attached hydrogens (primary N) is 1. The Labute approximate surface area is 80.1 Å². The van der Waals surface area contributed by atoms with E-state index in [4.69, 9.17) is 21.1 Å². The lowest BCUT2D eigenvalue weighted by Gasteiger charge is -2.21. The highest BCUT2D eigenvalue weighted by atomic mass is 16.6. The fourth-order valence-corrected chi connectivity index (χ4v) is 0.705. The van der Waals surface area contributed by atoms with E-state index in [1.54, 1.807) is 0 Å². The molecule has 0 amide bonds. The van der Waals surface area contributed by atoms with Gasteiger partial charge in [-0.25, -0.2) is 0 Å². The maximum Gasteiger partial charge on any atom is 0.320 e. The van der Waals surface area contributed by atoms with Gasteiger partial charge < -0.3 is 25.8 Å². The molecule has 0 aromatic rings. The summed E-state index contributed by atoms with van der Waals surface area (Å²) in [5.74, 6) is -0.883. The van der Waals surface area contributed by atoms with Crippen molar-refractivity contribution >= 4 is 12.3 Å². The average Bonchev–Trinajstić information content (AvgIpc) is 2.23. The van der Waals surface area contributed by atoms with Gasteiger partial charge in [-0.2, -0.15) is 0 Å². The van der Waals surface area contributed by atoms with Crippen LogP contribution in [0.3, 0.4) is 0 Å². The summed E-state index contributed by atoms with van der Waals surface area (Å²) in [4.78, 5) is 21.0. The van der Waals surface area contributed by atoms with Crippen molar-refractivity contribution < 1.29 is 29.6 Å². The number of aliphatic hydroxyl groups excluding tert-OH is 3. The molecule has 0 saturated carbocycles. The predicted octanol–water partition coefficient (Wildman–Crippen LogP) is -3.23. The smallest absolute Gasteiger partial charge is 0.320 e. The van der Waals surface area contributed by atoms with Gasteiger partial charge in [0.2, 0.25) is 0 Å². The number of hydrogen-bond acceptors (Lipinski definition) is 7. The number of ether oxygens (including phenoxy) is 1. The van der Waals surface area contributed by atoms with E-state index < -0.39 is 37.4 Å². The Bertz CT molecular complexity index is 197. The summed E-state index contributed by atoms with van der Waals surface area (Å²) in [5.41, 5.74) is 4.90. The van der Waals surface area contributed by atoms with Crippen LogP contribution < -0.4 is 5.73 Å². The number of carbonyl (C=O) groups is 2. The molecule has 0 rings (SSSR count). The molecular weight excluding hydrogens is 194 g/mol. The van der Waals surface area contributed by atoms with Crippen LogP contribution in [0, 0.1) is 0 Å². The standard InChI is InChI=1S/C7H13NO6/c8-1-6(12)14-5(3-10)7(13)4(11)2-9/h3-5,7,9,11,13H,1-2,8H2/t4-,5+,7+/m1/s1. The van der Waals surface area contributed by atoms with Crippen molar-refractivity contribution in [2.45, 2.75) is 18.3 Å². The van der Waals surface area contributed by atoms with E-state index in [2.05, 4.69) is 4.74 Å². The first-order chi connectivity index (χ1) is 6.56. The first-order valence-corrected chi connectivity index (χ1v) is 3.88. The molecule has 7 nitrogen and oxygen atoms in total. The van der Waals surface area contributed by atoms with Gasteiger partial charge in [-0.1, -0.05) is 0 Å². The third-order valence-corrected chi connectivity index (χ3v) is 1.49. The Morgan fingerprint density at radius 3 is 2.43 bits per heavy atom. The van der Waals surface area contributed by atoms with Crippen molar-refractivity contribution in [1.29, 1.82) is 0 Å². The second kappa shape index (κ2) is 6.44. The van der Waals surface area contributed by atoms with E-state index in [0.29, 0.717) is 0 Å². The van der Waals surface area contributed by atoms with Gasteiger partial charge in [0.15, 0.2) is 12.4 Å². The first-order valence-electron chi connectivity index (χ1n) is 3.88. The zero-order valence-corrected chi connectivity index (χ0v) is 7.37. The highest BCUT2D eigenvalue weighted by molar-refractivity contribution is 5.74. The lowest BCUT2D eigenvalue weighted by molar-refractivity contribution is -0.162. The quantitative estimate of drug-likeness (QED) is 0.266. The highest BCUT2D eigenvalue weighted by Crippen LogP contribution is 2.02. The van der Waals surface area contributed by atoms with Gasteiger partial charge in [-0.3, -0.25) is 9.59 Å². The Kier molecular flexibility index (Phi) is 5.97. The largest absolute Gasteiger partial charge is 0.451 e. The van der Waals surface area contributed by atoms with E-state index in [-0.39, 0.29) is 6.29 Å². The van der Waals surface area contributed by atoms with Crippen molar-refractivity contribution in [3.8, 4) is 0 Å². The van der Waals surface area contributed by atoms with E-state index in [9.17, 15) is 9.59 Å². The van der Waals surface area contributed by atoms with Gasteiger partial charge in [0.1, 0.15) is 12.2 Å². The second-order valence-electron chi connectivity index (χ2n) is 2.54. The Hall–Kier alpha value is -1.02. The molecule has 0 radical (unpaired) electrons. The van der Waals surface area contributed by atoms with Crippen molar-refractivity contribution in [1.82, 2.24) is 0 Å². The minimum atomic E-state index is -1.66. The number of esters is 1. The van der Waals surface area contributed by atoms with Crippen molar-refractivity contribution in [2.75, 3.05) is 13.2 Å². The molecule has 14 heavy (non-hydrogen) atoms. The Morgan fingerprint density at radius 1 is 1.50 bits per heavy atom. The fraction of sp³-hybridized carbons (Fsp3) is 0.714. The van der Waals surface area contributed by atoms with Crippen LogP contribution in [0.5, 0.6) is 0 Å². The maximum absolute atomic E-state index is 10.6. The van der Waals surface area contributed by atoms with Gasteiger partial charge in [0.25, 0.3) is 0 Å². The topological polar surface area (TPSA) is 130 Å². The van der Waals surface area contributed by atoms with Gasteiger partial charge >= 0.3 is 5.97 Å². The van der Waals surface area contributed by atoms with Crippen LogP contribution in [0.1, 0.15) is 0 Å². The summed E-state index contributed by atoms with van der Waals surface area (Å²) in [7, 11) is 0. The lowest BCUT2D eigenvalue weighted by Crippen LogP contribution is -2.43. The molecule has 0 saturated heterocycles. The molecule has 82 valence electrons. The van der Waals surface area contributed by atoms with Crippen LogP contribution in [0.2, 0.25) is 0 Å². The van der Waals surface area contributed by atoms with E-state index in [1.165, 1.54) is 0 Å². The molecule has 5 N–H and O–H groups in total. The molecule has 0 unspecified atom stereocenters. The van der Waals surface area contributed by atoms with Crippen molar-refractivity contribution in [3.05, 3.63) is 0 Å². The van der Waals surface area contributed by atoms with Gasteiger partial charge in [-0.05, 0) is 0 Å². The second-order valence-corrected chi connectivity index (χ2v) is 2.54. The minimum Gasteiger partial charge on any atom is -0.451 e. The first kappa shape index (κ1) is 13.0. The molecule has 0 aliphatic carbocycles. The maximum atomic E-state index is 10.6. The zero-order chi connectivity index (χ0) is 11.1. The normalized spacial score (nSPS) is 16.9. The minimum absolute atomic E-state index is 0.150. The molecule has 3 atom stereocenters. The average molecular weight is 207 g/mol. The van der Waals surface area contributed by atoms with Gasteiger partial charge in [-0.15, -0.1) is 0 Å². The lowest BCUT2D eigenvalue weighted by atomic mass is 10.1. The number of aldehydes is 1. The van der Waals surface area contributed by atoms with Crippen molar-refractivity contribution in [3.63, 3.8) is 0 Å². The number of aliphatic hydroxyl groups is 3. The summed E-state index contributed by atoms with van der Waals surface area (Å²) in [6.45, 7) is -1.18. The molecular formula is C7H13NO6. The van der Waals surface area contributed by atoms with Crippen LogP contribution in [0.15, 0.2) is 0 Å². The predicted molar refractivity (Wildman–Crippen MR) is 44.1 cm³/mol. The van der Waals surface area contributed by atoms with Crippen molar-refractivity contribution in [2.24, 2.45) is 5.73 Å². The Morgan fingerprint density at radius 2 is 2.07 bits per heavy atom. The summed E-state index contributed by atoms with van der Waals surface area (Å²) < 4.78 is 4.38. The fourth-order valence-electron chi connectivity index (χ4n) is 0.705. The van der Waals surface area contributed by atoms with Crippen LogP contribution in [-0.2, 0) is 14.3 Å². The zero-order valence-electron chi connectivity index (χ0n) is 7.37. The van der Waals surface area contributed by atoms with Crippen LogP contribution >= 0.6 is 0 Å². The van der Waals surface area contributed by atoms with E-state index in [1.807, 2.05) is 0 Å². The van der Waals surface area contributed by atoms with Gasteiger partial charge in [0, 0.05) is 0 Å². The molecule has 0 fully saturated rings. The molecule has 0 aliphatic rings. The van der Waals surface area contributed by atoms with Crippen LogP contribution in [0.4, 0.5) is 0 Å². The molecule has 0 aromatic carbocycles. The summed E-state index contributed by atoms with van der Waals surface area (Å²) in [6, 6.07) is 0. The monoisotopic (exact) mass is 207 g/mol. The number of hydrogen-bond donors (Lipinski definition) is 4. The van der Waals surface area contributed by atoms with E-state index >= 15 is 0 Å². The SMILES string of the molecule is NCC(=O)O[C@@H](C=O)[C@@H](O)[C@H](O)CO. The summed E-state index contributed by atoms with van der Waals surface area (Å²) >= 11 is 0. The summed E-state index contributed by atoms with van der Waals surface area (Å²) in [6.07, 6.45) is -4.58. The molecule has 7 heteroatoms. The number of carbonyl (C=O) groups excluding carboxylic acids is 2. The molecule has 0 spiro atoms. The van der Waals surface area contributed by atoms with Crippen LogP contribution in [-0.4, -0.2) is 59.0 Å².